The molecule has 9 heteroatoms. The maximum atomic E-state index is 13.0. The second-order valence-electron chi connectivity index (χ2n) is 7.71. The number of nitrogens with one attached hydrogen (secondary N) is 1. The third-order valence-corrected chi connectivity index (χ3v) is 7.39. The number of carbonyl (C=O) groups excluding carboxylic acids is 1. The van der Waals surface area contributed by atoms with E-state index in [1.165, 1.54) is 37.4 Å². The fourth-order valence-electron chi connectivity index (χ4n) is 4.15. The number of H-pyrrole nitrogens is 1. The smallest absolute Gasteiger partial charge is 0.253 e. The summed E-state index contributed by atoms with van der Waals surface area (Å²) >= 11 is 2.98. The fourth-order valence-corrected chi connectivity index (χ4v) is 5.54. The van der Waals surface area contributed by atoms with Crippen molar-refractivity contribution in [3.63, 3.8) is 0 Å². The summed E-state index contributed by atoms with van der Waals surface area (Å²) in [7, 11) is 0. The number of rotatable bonds is 7. The Morgan fingerprint density at radius 2 is 2.20 bits per heavy atom. The van der Waals surface area contributed by atoms with Crippen LogP contribution in [0.25, 0.3) is 0 Å². The summed E-state index contributed by atoms with van der Waals surface area (Å²) in [4.78, 5) is 18.7. The van der Waals surface area contributed by atoms with E-state index in [0.29, 0.717) is 17.5 Å². The maximum Gasteiger partial charge on any atom is 0.253 e. The van der Waals surface area contributed by atoms with Gasteiger partial charge in [-0.25, -0.2) is 9.99 Å². The first kappa shape index (κ1) is 19.6. The van der Waals surface area contributed by atoms with Crippen LogP contribution in [0.3, 0.4) is 0 Å². The summed E-state index contributed by atoms with van der Waals surface area (Å²) in [5.74, 6) is 2.54. The molecule has 4 heterocycles. The summed E-state index contributed by atoms with van der Waals surface area (Å²) < 4.78 is 5.59. The Kier molecular flexibility index (Phi) is 5.72. The van der Waals surface area contributed by atoms with Gasteiger partial charge in [0.15, 0.2) is 0 Å². The van der Waals surface area contributed by atoms with Gasteiger partial charge < -0.3 is 4.42 Å². The molecular weight excluding hydrogens is 418 g/mol. The van der Waals surface area contributed by atoms with Crippen molar-refractivity contribution in [1.29, 1.82) is 0 Å². The molecule has 3 aromatic rings. The number of thioether (sulfide) groups is 1. The van der Waals surface area contributed by atoms with Crippen LogP contribution in [0.5, 0.6) is 0 Å². The zero-order chi connectivity index (χ0) is 20.3. The first-order valence-corrected chi connectivity index (χ1v) is 12.1. The van der Waals surface area contributed by atoms with Crippen LogP contribution in [0.4, 0.5) is 0 Å². The lowest BCUT2D eigenvalue weighted by atomic mass is 10.0. The van der Waals surface area contributed by atoms with Gasteiger partial charge in [0.2, 0.25) is 5.16 Å². The molecule has 0 bridgehead atoms. The Bertz CT molecular complexity index is 1010. The number of hydrogen-bond acceptors (Lipinski definition) is 7. The number of aromatic amines is 1. The number of hydrogen-bond donors (Lipinski definition) is 1. The van der Waals surface area contributed by atoms with Gasteiger partial charge in [-0.1, -0.05) is 43.5 Å². The number of carbonyl (C=O) groups is 1. The Morgan fingerprint density at radius 1 is 1.30 bits per heavy atom. The number of aromatic nitrogens is 3. The van der Waals surface area contributed by atoms with Crippen LogP contribution in [0.15, 0.2) is 50.6 Å². The van der Waals surface area contributed by atoms with Gasteiger partial charge in [0.1, 0.15) is 17.6 Å². The molecule has 5 rings (SSSR count). The average molecular weight is 442 g/mol. The number of hydrazone groups is 1. The second-order valence-corrected chi connectivity index (χ2v) is 9.60. The zero-order valence-corrected chi connectivity index (χ0v) is 18.1. The first-order chi connectivity index (χ1) is 14.8. The molecule has 1 aliphatic carbocycles. The molecule has 1 saturated carbocycles. The van der Waals surface area contributed by atoms with E-state index in [1.807, 2.05) is 29.6 Å². The highest BCUT2D eigenvalue weighted by molar-refractivity contribution is 7.99. The van der Waals surface area contributed by atoms with Crippen molar-refractivity contribution in [2.24, 2.45) is 11.0 Å². The molecule has 156 valence electrons. The molecule has 7 nitrogen and oxygen atoms in total. The van der Waals surface area contributed by atoms with E-state index >= 15 is 0 Å². The molecule has 3 aromatic heterocycles. The monoisotopic (exact) mass is 441 g/mol. The van der Waals surface area contributed by atoms with E-state index < -0.39 is 0 Å². The van der Waals surface area contributed by atoms with Crippen molar-refractivity contribution in [2.75, 3.05) is 5.75 Å². The van der Waals surface area contributed by atoms with Gasteiger partial charge in [0, 0.05) is 12.8 Å². The van der Waals surface area contributed by atoms with Crippen LogP contribution in [-0.4, -0.2) is 37.6 Å². The summed E-state index contributed by atoms with van der Waals surface area (Å²) in [6.07, 6.45) is 8.41. The van der Waals surface area contributed by atoms with Crippen molar-refractivity contribution >= 4 is 34.7 Å². The molecule has 1 fully saturated rings. The van der Waals surface area contributed by atoms with Crippen LogP contribution < -0.4 is 0 Å². The van der Waals surface area contributed by atoms with E-state index in [1.54, 1.807) is 22.6 Å². The number of thiophene rings is 1. The van der Waals surface area contributed by atoms with E-state index in [4.69, 9.17) is 4.42 Å². The molecule has 1 N–H and O–H groups in total. The van der Waals surface area contributed by atoms with Gasteiger partial charge in [-0.15, -0.1) is 16.4 Å². The molecule has 1 atom stereocenters. The lowest BCUT2D eigenvalue weighted by molar-refractivity contribution is -0.130. The predicted molar refractivity (Wildman–Crippen MR) is 117 cm³/mol. The van der Waals surface area contributed by atoms with Gasteiger partial charge in [-0.05, 0) is 29.5 Å². The van der Waals surface area contributed by atoms with Gasteiger partial charge in [-0.2, -0.15) is 5.10 Å². The average Bonchev–Trinajstić information content (AvgIpc) is 3.56. The van der Waals surface area contributed by atoms with Crippen molar-refractivity contribution in [1.82, 2.24) is 20.2 Å². The molecule has 0 aromatic carbocycles. The minimum absolute atomic E-state index is 0.0740. The SMILES string of the molecule is O=C(CSc1n[nH]c(CC2CCCC2)n1)N1N=C(c2cccs2)CC1c1ccco1. The molecule has 0 saturated heterocycles. The lowest BCUT2D eigenvalue weighted by Gasteiger charge is -2.19. The lowest BCUT2D eigenvalue weighted by Crippen LogP contribution is -2.28. The Hall–Kier alpha value is -2.39. The Morgan fingerprint density at radius 3 is 2.97 bits per heavy atom. The third-order valence-electron chi connectivity index (χ3n) is 5.64. The summed E-state index contributed by atoms with van der Waals surface area (Å²) in [6, 6.07) is 7.56. The van der Waals surface area contributed by atoms with E-state index in [2.05, 4.69) is 20.3 Å². The van der Waals surface area contributed by atoms with E-state index in [9.17, 15) is 4.79 Å². The summed E-state index contributed by atoms with van der Waals surface area (Å²) in [5.41, 5.74) is 0.918. The molecular formula is C21H23N5O2S2. The van der Waals surface area contributed by atoms with Gasteiger partial charge in [0.25, 0.3) is 5.91 Å². The van der Waals surface area contributed by atoms with Crippen LogP contribution in [0.1, 0.15) is 54.6 Å². The zero-order valence-electron chi connectivity index (χ0n) is 16.5. The van der Waals surface area contributed by atoms with Crippen molar-refractivity contribution < 1.29 is 9.21 Å². The minimum atomic E-state index is -0.213. The third kappa shape index (κ3) is 4.22. The number of furan rings is 1. The van der Waals surface area contributed by atoms with Crippen LogP contribution >= 0.6 is 23.1 Å². The summed E-state index contributed by atoms with van der Waals surface area (Å²) in [5, 5.41) is 16.2. The molecule has 1 aliphatic heterocycles. The maximum absolute atomic E-state index is 13.0. The molecule has 1 unspecified atom stereocenters. The van der Waals surface area contributed by atoms with Crippen molar-refractivity contribution in [3.8, 4) is 0 Å². The van der Waals surface area contributed by atoms with Gasteiger partial charge in [0.05, 0.1) is 22.6 Å². The quantitative estimate of drug-likeness (QED) is 0.539. The molecule has 0 radical (unpaired) electrons. The number of amides is 1. The van der Waals surface area contributed by atoms with Crippen molar-refractivity contribution in [2.45, 2.75) is 49.7 Å². The topological polar surface area (TPSA) is 87.4 Å². The second kappa shape index (κ2) is 8.77. The normalized spacial score (nSPS) is 19.5. The highest BCUT2D eigenvalue weighted by Crippen LogP contribution is 2.34. The molecule has 30 heavy (non-hydrogen) atoms. The largest absolute Gasteiger partial charge is 0.467 e. The standard InChI is InChI=1S/C21H23N5O2S2/c27-20(13-30-21-22-19(23-24-21)11-14-5-1-2-6-14)26-16(17-7-3-9-28-17)12-15(25-26)18-8-4-10-29-18/h3-4,7-10,14,16H,1-2,5-6,11-13H2,(H,22,23,24). The van der Waals surface area contributed by atoms with Gasteiger partial charge >= 0.3 is 0 Å². The molecule has 0 spiro atoms. The summed E-state index contributed by atoms with van der Waals surface area (Å²) in [6.45, 7) is 0. The Labute approximate surface area is 183 Å². The van der Waals surface area contributed by atoms with Crippen LogP contribution in [0, 0.1) is 5.92 Å². The predicted octanol–water partition coefficient (Wildman–Crippen LogP) is 4.66. The van der Waals surface area contributed by atoms with E-state index in [0.717, 1.165) is 28.6 Å². The fraction of sp³-hybridized carbons (Fsp3) is 0.429. The highest BCUT2D eigenvalue weighted by atomic mass is 32.2. The van der Waals surface area contributed by atoms with Crippen LogP contribution in [0.2, 0.25) is 0 Å². The van der Waals surface area contributed by atoms with Gasteiger partial charge in [-0.3, -0.25) is 9.89 Å². The van der Waals surface area contributed by atoms with Crippen LogP contribution in [-0.2, 0) is 11.2 Å². The highest BCUT2D eigenvalue weighted by Gasteiger charge is 2.35. The van der Waals surface area contributed by atoms with Crippen molar-refractivity contribution in [3.05, 3.63) is 52.4 Å². The Balaban J connectivity index is 1.25. The van der Waals surface area contributed by atoms with E-state index in [-0.39, 0.29) is 17.7 Å². The number of nitrogens with zero attached hydrogens (tertiary/aromatic N) is 4. The molecule has 2 aliphatic rings. The minimum Gasteiger partial charge on any atom is -0.467 e. The first-order valence-electron chi connectivity index (χ1n) is 10.3. The molecule has 1 amide bonds.